The van der Waals surface area contributed by atoms with Crippen LogP contribution in [-0.2, 0) is 11.3 Å². The number of anilines is 1. The largest absolute Gasteiger partial charge is 0.312 e. The van der Waals surface area contributed by atoms with Crippen molar-refractivity contribution < 1.29 is 4.79 Å². The van der Waals surface area contributed by atoms with E-state index in [2.05, 4.69) is 21.7 Å². The van der Waals surface area contributed by atoms with E-state index >= 15 is 0 Å². The third-order valence-electron chi connectivity index (χ3n) is 3.66. The molecule has 2 heterocycles. The lowest BCUT2D eigenvalue weighted by Gasteiger charge is -2.25. The number of aromatic nitrogens is 1. The Kier molecular flexibility index (Phi) is 3.48. The molecule has 3 rings (SSSR count). The fraction of sp³-hybridized carbons (Fsp3) is 0.250. The molecule has 4 nitrogen and oxygen atoms in total. The highest BCUT2D eigenvalue weighted by Gasteiger charge is 2.26. The topological polar surface area (TPSA) is 54.0 Å². The minimum atomic E-state index is -0.165. The summed E-state index contributed by atoms with van der Waals surface area (Å²) in [6, 6.07) is 11.9. The van der Waals surface area contributed by atoms with Crippen molar-refractivity contribution in [1.82, 2.24) is 10.3 Å². The summed E-state index contributed by atoms with van der Waals surface area (Å²) >= 11 is 0. The van der Waals surface area contributed by atoms with Gasteiger partial charge < -0.3 is 10.6 Å². The summed E-state index contributed by atoms with van der Waals surface area (Å²) in [4.78, 5) is 16.7. The number of fused-ring (bicyclic) bond motifs is 1. The van der Waals surface area contributed by atoms with Crippen molar-refractivity contribution in [3.8, 4) is 0 Å². The Morgan fingerprint density at radius 3 is 3.00 bits per heavy atom. The molecule has 1 unspecified atom stereocenters. The van der Waals surface area contributed by atoms with E-state index in [-0.39, 0.29) is 11.8 Å². The average molecular weight is 267 g/mol. The average Bonchev–Trinajstić information content (AvgIpc) is 2.49. The molecule has 2 aromatic rings. The standard InChI is InChI=1S/C16H17N3O/c1-11-5-4-8-18-15(11)19-16(20)14-10-17-9-12-6-2-3-7-13(12)14/h2-8,14,17H,9-10H2,1H3,(H,18,19,20). The predicted molar refractivity (Wildman–Crippen MR) is 78.5 cm³/mol. The molecule has 4 heteroatoms. The molecule has 0 bridgehead atoms. The zero-order valence-corrected chi connectivity index (χ0v) is 11.4. The molecular formula is C16H17N3O. The minimum Gasteiger partial charge on any atom is -0.312 e. The van der Waals surface area contributed by atoms with Gasteiger partial charge in [-0.25, -0.2) is 4.98 Å². The highest BCUT2D eigenvalue weighted by molar-refractivity contribution is 5.96. The maximum Gasteiger partial charge on any atom is 0.234 e. The number of nitrogens with zero attached hydrogens (tertiary/aromatic N) is 1. The number of benzene rings is 1. The Morgan fingerprint density at radius 2 is 2.15 bits per heavy atom. The van der Waals surface area contributed by atoms with Crippen LogP contribution in [-0.4, -0.2) is 17.4 Å². The molecule has 20 heavy (non-hydrogen) atoms. The number of nitrogens with one attached hydrogen (secondary N) is 2. The van der Waals surface area contributed by atoms with Crippen LogP contribution in [0.25, 0.3) is 0 Å². The van der Waals surface area contributed by atoms with Crippen LogP contribution in [0.3, 0.4) is 0 Å². The number of hydrogen-bond donors (Lipinski definition) is 2. The van der Waals surface area contributed by atoms with Crippen molar-refractivity contribution in [2.75, 3.05) is 11.9 Å². The molecule has 0 spiro atoms. The third-order valence-corrected chi connectivity index (χ3v) is 3.66. The van der Waals surface area contributed by atoms with Gasteiger partial charge in [-0.1, -0.05) is 30.3 Å². The SMILES string of the molecule is Cc1cccnc1NC(=O)C1CNCc2ccccc21. The number of aryl methyl sites for hydroxylation is 1. The second kappa shape index (κ2) is 5.43. The maximum atomic E-state index is 12.5. The van der Waals surface area contributed by atoms with Crippen LogP contribution in [0.1, 0.15) is 22.6 Å². The van der Waals surface area contributed by atoms with E-state index in [9.17, 15) is 4.79 Å². The van der Waals surface area contributed by atoms with Gasteiger partial charge in [0.05, 0.1) is 5.92 Å². The van der Waals surface area contributed by atoms with Gasteiger partial charge in [0, 0.05) is 19.3 Å². The Morgan fingerprint density at radius 1 is 1.30 bits per heavy atom. The van der Waals surface area contributed by atoms with Crippen LogP contribution in [0.15, 0.2) is 42.6 Å². The minimum absolute atomic E-state index is 0.00792. The molecule has 102 valence electrons. The highest BCUT2D eigenvalue weighted by atomic mass is 16.2. The second-order valence-corrected chi connectivity index (χ2v) is 5.04. The lowest BCUT2D eigenvalue weighted by Crippen LogP contribution is -2.35. The number of amides is 1. The lowest BCUT2D eigenvalue weighted by atomic mass is 9.90. The zero-order chi connectivity index (χ0) is 13.9. The molecule has 1 aromatic heterocycles. The first-order valence-electron chi connectivity index (χ1n) is 6.76. The summed E-state index contributed by atoms with van der Waals surface area (Å²) in [6.07, 6.45) is 1.69. The zero-order valence-electron chi connectivity index (χ0n) is 11.4. The van der Waals surface area contributed by atoms with Crippen molar-refractivity contribution >= 4 is 11.7 Å². The summed E-state index contributed by atoms with van der Waals surface area (Å²) in [5.41, 5.74) is 3.27. The van der Waals surface area contributed by atoms with E-state index in [4.69, 9.17) is 0 Å². The smallest absolute Gasteiger partial charge is 0.234 e. The highest BCUT2D eigenvalue weighted by Crippen LogP contribution is 2.25. The summed E-state index contributed by atoms with van der Waals surface area (Å²) in [5, 5.41) is 6.22. The number of rotatable bonds is 2. The molecule has 1 aliphatic heterocycles. The number of carbonyl (C=O) groups excluding carboxylic acids is 1. The van der Waals surface area contributed by atoms with E-state index in [0.29, 0.717) is 12.4 Å². The van der Waals surface area contributed by atoms with Gasteiger partial charge in [-0.3, -0.25) is 4.79 Å². The Hall–Kier alpha value is -2.20. The van der Waals surface area contributed by atoms with Crippen LogP contribution in [0.2, 0.25) is 0 Å². The Labute approximate surface area is 118 Å². The monoisotopic (exact) mass is 267 g/mol. The molecule has 0 saturated carbocycles. The van der Waals surface area contributed by atoms with Crippen molar-refractivity contribution in [1.29, 1.82) is 0 Å². The molecular weight excluding hydrogens is 250 g/mol. The van der Waals surface area contributed by atoms with Crippen LogP contribution in [0, 0.1) is 6.92 Å². The lowest BCUT2D eigenvalue weighted by molar-refractivity contribution is -0.117. The number of carbonyl (C=O) groups is 1. The second-order valence-electron chi connectivity index (χ2n) is 5.04. The van der Waals surface area contributed by atoms with E-state index in [1.807, 2.05) is 37.3 Å². The summed E-state index contributed by atoms with van der Waals surface area (Å²) < 4.78 is 0. The first kappa shape index (κ1) is 12.8. The Bertz CT molecular complexity index is 639. The van der Waals surface area contributed by atoms with Crippen molar-refractivity contribution in [2.45, 2.75) is 19.4 Å². The summed E-state index contributed by atoms with van der Waals surface area (Å²) in [6.45, 7) is 3.42. The van der Waals surface area contributed by atoms with E-state index in [1.54, 1.807) is 6.20 Å². The van der Waals surface area contributed by atoms with E-state index < -0.39 is 0 Å². The molecule has 0 saturated heterocycles. The fourth-order valence-corrected chi connectivity index (χ4v) is 2.55. The normalized spacial score (nSPS) is 17.4. The first-order valence-corrected chi connectivity index (χ1v) is 6.76. The van der Waals surface area contributed by atoms with Gasteiger partial charge in [-0.05, 0) is 29.7 Å². The maximum absolute atomic E-state index is 12.5. The first-order chi connectivity index (χ1) is 9.75. The summed E-state index contributed by atoms with van der Waals surface area (Å²) in [5.74, 6) is 0.466. The van der Waals surface area contributed by atoms with Gasteiger partial charge in [0.2, 0.25) is 5.91 Å². The molecule has 0 fully saturated rings. The number of hydrogen-bond acceptors (Lipinski definition) is 3. The Balaban J connectivity index is 1.84. The fourth-order valence-electron chi connectivity index (χ4n) is 2.55. The van der Waals surface area contributed by atoms with Crippen LogP contribution in [0.4, 0.5) is 5.82 Å². The molecule has 0 aliphatic carbocycles. The van der Waals surface area contributed by atoms with Gasteiger partial charge in [-0.15, -0.1) is 0 Å². The van der Waals surface area contributed by atoms with Crippen LogP contribution < -0.4 is 10.6 Å². The molecule has 1 aliphatic rings. The van der Waals surface area contributed by atoms with Crippen molar-refractivity contribution in [3.63, 3.8) is 0 Å². The van der Waals surface area contributed by atoms with Gasteiger partial charge in [0.25, 0.3) is 0 Å². The third kappa shape index (κ3) is 2.42. The molecule has 1 atom stereocenters. The van der Waals surface area contributed by atoms with Gasteiger partial charge in [0.1, 0.15) is 5.82 Å². The number of pyridine rings is 1. The van der Waals surface area contributed by atoms with E-state index in [1.165, 1.54) is 5.56 Å². The predicted octanol–water partition coefficient (Wildman–Crippen LogP) is 2.22. The quantitative estimate of drug-likeness (QED) is 0.877. The molecule has 2 N–H and O–H groups in total. The van der Waals surface area contributed by atoms with Crippen molar-refractivity contribution in [3.05, 3.63) is 59.3 Å². The van der Waals surface area contributed by atoms with E-state index in [0.717, 1.165) is 17.7 Å². The van der Waals surface area contributed by atoms with Gasteiger partial charge in [0.15, 0.2) is 0 Å². The molecule has 0 radical (unpaired) electrons. The van der Waals surface area contributed by atoms with Crippen LogP contribution in [0.5, 0.6) is 0 Å². The van der Waals surface area contributed by atoms with Gasteiger partial charge in [-0.2, -0.15) is 0 Å². The van der Waals surface area contributed by atoms with Gasteiger partial charge >= 0.3 is 0 Å². The molecule has 1 aromatic carbocycles. The molecule has 1 amide bonds. The van der Waals surface area contributed by atoms with Crippen molar-refractivity contribution in [2.24, 2.45) is 0 Å². The van der Waals surface area contributed by atoms with Crippen LogP contribution >= 0.6 is 0 Å². The summed E-state index contributed by atoms with van der Waals surface area (Å²) in [7, 11) is 0.